The van der Waals surface area contributed by atoms with Gasteiger partial charge in [0.1, 0.15) is 11.3 Å². The average Bonchev–Trinajstić information content (AvgIpc) is 2.89. The Labute approximate surface area is 123 Å². The molecule has 0 unspecified atom stereocenters. The van der Waals surface area contributed by atoms with E-state index in [-0.39, 0.29) is 0 Å². The first-order valence-corrected chi connectivity index (χ1v) is 6.97. The van der Waals surface area contributed by atoms with Crippen molar-refractivity contribution in [3.05, 3.63) is 59.5 Å². The molecule has 0 amide bonds. The molecule has 0 saturated heterocycles. The Kier molecular flexibility index (Phi) is 3.88. The largest absolute Gasteiger partial charge is 0.484 e. The van der Waals surface area contributed by atoms with Crippen LogP contribution in [0, 0.1) is 6.92 Å². The molecule has 0 aliphatic heterocycles. The lowest BCUT2D eigenvalue weighted by Crippen LogP contribution is -2.04. The third-order valence-electron chi connectivity index (χ3n) is 3.26. The van der Waals surface area contributed by atoms with Gasteiger partial charge in [0, 0.05) is 6.54 Å². The fraction of sp³-hybridized carbons (Fsp3) is 0.235. The molecule has 2 aromatic carbocycles. The first-order chi connectivity index (χ1) is 10.2. The minimum atomic E-state index is 0.332. The predicted molar refractivity (Wildman–Crippen MR) is 82.3 cm³/mol. The van der Waals surface area contributed by atoms with E-state index in [1.165, 1.54) is 11.1 Å². The van der Waals surface area contributed by atoms with Crippen LogP contribution < -0.4 is 10.1 Å². The van der Waals surface area contributed by atoms with Crippen LogP contribution in [0.5, 0.6) is 5.75 Å². The molecule has 1 heterocycles. The van der Waals surface area contributed by atoms with E-state index in [1.54, 1.807) is 0 Å². The number of benzene rings is 2. The molecule has 0 aliphatic carbocycles. The summed E-state index contributed by atoms with van der Waals surface area (Å²) in [6.45, 7) is 3.19. The zero-order valence-electron chi connectivity index (χ0n) is 12.2. The van der Waals surface area contributed by atoms with Crippen LogP contribution in [0.2, 0.25) is 0 Å². The maximum atomic E-state index is 5.74. The number of hydrogen-bond donors (Lipinski definition) is 1. The van der Waals surface area contributed by atoms with Gasteiger partial charge in [-0.2, -0.15) is 0 Å². The van der Waals surface area contributed by atoms with Gasteiger partial charge >= 0.3 is 0 Å². The molecule has 0 bridgehead atoms. The van der Waals surface area contributed by atoms with Gasteiger partial charge in [0.2, 0.25) is 5.89 Å². The van der Waals surface area contributed by atoms with Crippen molar-refractivity contribution >= 4 is 11.1 Å². The number of aromatic nitrogens is 1. The van der Waals surface area contributed by atoms with Gasteiger partial charge in [-0.3, -0.25) is 0 Å². The third-order valence-corrected chi connectivity index (χ3v) is 3.26. The van der Waals surface area contributed by atoms with Crippen LogP contribution in [0.1, 0.15) is 17.0 Å². The molecule has 3 aromatic rings. The molecule has 108 valence electrons. The van der Waals surface area contributed by atoms with E-state index in [1.807, 2.05) is 56.4 Å². The normalized spacial score (nSPS) is 11.0. The Hall–Kier alpha value is -2.33. The van der Waals surface area contributed by atoms with Gasteiger partial charge in [-0.15, -0.1) is 0 Å². The monoisotopic (exact) mass is 282 g/mol. The summed E-state index contributed by atoms with van der Waals surface area (Å²) in [7, 11) is 1.92. The Morgan fingerprint density at radius 3 is 2.71 bits per heavy atom. The van der Waals surface area contributed by atoms with Crippen LogP contribution in [0.3, 0.4) is 0 Å². The standard InChI is InChI=1S/C17H18N2O2/c1-12-3-6-14(7-4-12)20-11-17-19-15-8-5-13(10-18-2)9-16(15)21-17/h3-9,18H,10-11H2,1-2H3. The topological polar surface area (TPSA) is 47.3 Å². The van der Waals surface area contributed by atoms with Crippen molar-refractivity contribution in [2.24, 2.45) is 0 Å². The lowest BCUT2D eigenvalue weighted by Gasteiger charge is -2.03. The molecule has 1 N–H and O–H groups in total. The minimum absolute atomic E-state index is 0.332. The van der Waals surface area contributed by atoms with Gasteiger partial charge in [0.25, 0.3) is 0 Å². The fourth-order valence-electron chi connectivity index (χ4n) is 2.17. The van der Waals surface area contributed by atoms with Crippen molar-refractivity contribution in [3.63, 3.8) is 0 Å². The number of ether oxygens (including phenoxy) is 1. The molecule has 1 aromatic heterocycles. The summed E-state index contributed by atoms with van der Waals surface area (Å²) in [5.41, 5.74) is 4.04. The Morgan fingerprint density at radius 2 is 1.95 bits per heavy atom. The Morgan fingerprint density at radius 1 is 1.14 bits per heavy atom. The van der Waals surface area contributed by atoms with E-state index in [9.17, 15) is 0 Å². The lowest BCUT2D eigenvalue weighted by atomic mass is 10.2. The van der Waals surface area contributed by atoms with Crippen molar-refractivity contribution in [2.75, 3.05) is 7.05 Å². The average molecular weight is 282 g/mol. The minimum Gasteiger partial charge on any atom is -0.484 e. The van der Waals surface area contributed by atoms with Gasteiger partial charge in [-0.05, 0) is 43.8 Å². The van der Waals surface area contributed by atoms with E-state index < -0.39 is 0 Å². The highest BCUT2D eigenvalue weighted by Crippen LogP contribution is 2.19. The molecule has 21 heavy (non-hydrogen) atoms. The van der Waals surface area contributed by atoms with Crippen LogP contribution in [0.25, 0.3) is 11.1 Å². The number of oxazole rings is 1. The summed E-state index contributed by atoms with van der Waals surface area (Å²) < 4.78 is 11.4. The second-order valence-electron chi connectivity index (χ2n) is 5.04. The maximum Gasteiger partial charge on any atom is 0.233 e. The number of fused-ring (bicyclic) bond motifs is 1. The number of nitrogens with one attached hydrogen (secondary N) is 1. The van der Waals surface area contributed by atoms with E-state index in [4.69, 9.17) is 9.15 Å². The molecule has 0 spiro atoms. The quantitative estimate of drug-likeness (QED) is 0.778. The zero-order chi connectivity index (χ0) is 14.7. The molecule has 0 saturated carbocycles. The molecule has 0 radical (unpaired) electrons. The molecule has 0 aliphatic rings. The predicted octanol–water partition coefficient (Wildman–Crippen LogP) is 3.43. The highest BCUT2D eigenvalue weighted by atomic mass is 16.5. The Bertz CT molecular complexity index is 732. The summed E-state index contributed by atoms with van der Waals surface area (Å²) in [4.78, 5) is 4.43. The number of rotatable bonds is 5. The zero-order valence-corrected chi connectivity index (χ0v) is 12.2. The van der Waals surface area contributed by atoms with Gasteiger partial charge in [-0.25, -0.2) is 4.98 Å². The fourth-order valence-corrected chi connectivity index (χ4v) is 2.17. The summed E-state index contributed by atoms with van der Waals surface area (Å²) in [6.07, 6.45) is 0. The SMILES string of the molecule is CNCc1ccc2nc(COc3ccc(C)cc3)oc2c1. The maximum absolute atomic E-state index is 5.74. The molecule has 0 atom stereocenters. The van der Waals surface area contributed by atoms with Crippen LogP contribution in [0.4, 0.5) is 0 Å². The first-order valence-electron chi connectivity index (χ1n) is 6.97. The van der Waals surface area contributed by atoms with Gasteiger partial charge in [0.05, 0.1) is 0 Å². The van der Waals surface area contributed by atoms with E-state index in [0.717, 1.165) is 23.4 Å². The lowest BCUT2D eigenvalue weighted by molar-refractivity contribution is 0.267. The molecular weight excluding hydrogens is 264 g/mol. The summed E-state index contributed by atoms with van der Waals surface area (Å²) in [5.74, 6) is 1.41. The highest BCUT2D eigenvalue weighted by molar-refractivity contribution is 5.73. The Balaban J connectivity index is 1.73. The van der Waals surface area contributed by atoms with Gasteiger partial charge in [0.15, 0.2) is 12.2 Å². The molecule has 0 fully saturated rings. The number of hydrogen-bond acceptors (Lipinski definition) is 4. The van der Waals surface area contributed by atoms with Gasteiger partial charge in [-0.1, -0.05) is 23.8 Å². The van der Waals surface area contributed by atoms with E-state index in [0.29, 0.717) is 12.5 Å². The van der Waals surface area contributed by atoms with Crippen LogP contribution >= 0.6 is 0 Å². The van der Waals surface area contributed by atoms with Gasteiger partial charge < -0.3 is 14.5 Å². The number of aryl methyl sites for hydroxylation is 1. The molecule has 4 heteroatoms. The highest BCUT2D eigenvalue weighted by Gasteiger charge is 2.07. The summed E-state index contributed by atoms with van der Waals surface area (Å²) >= 11 is 0. The van der Waals surface area contributed by atoms with Crippen molar-refractivity contribution in [2.45, 2.75) is 20.1 Å². The first kappa shape index (κ1) is 13.6. The van der Waals surface area contributed by atoms with Crippen molar-refractivity contribution in [1.29, 1.82) is 0 Å². The smallest absolute Gasteiger partial charge is 0.233 e. The van der Waals surface area contributed by atoms with E-state index in [2.05, 4.69) is 10.3 Å². The van der Waals surface area contributed by atoms with Crippen LogP contribution in [0.15, 0.2) is 46.9 Å². The summed E-state index contributed by atoms with van der Waals surface area (Å²) in [6, 6.07) is 14.0. The second-order valence-corrected chi connectivity index (χ2v) is 5.04. The van der Waals surface area contributed by atoms with Crippen LogP contribution in [-0.2, 0) is 13.2 Å². The third kappa shape index (κ3) is 3.23. The summed E-state index contributed by atoms with van der Waals surface area (Å²) in [5, 5.41) is 3.12. The van der Waals surface area contributed by atoms with Crippen molar-refractivity contribution in [3.8, 4) is 5.75 Å². The second kappa shape index (κ2) is 5.97. The molecule has 3 rings (SSSR count). The van der Waals surface area contributed by atoms with Crippen molar-refractivity contribution < 1.29 is 9.15 Å². The number of nitrogens with zero attached hydrogens (tertiary/aromatic N) is 1. The van der Waals surface area contributed by atoms with Crippen LogP contribution in [-0.4, -0.2) is 12.0 Å². The molecular formula is C17H18N2O2. The van der Waals surface area contributed by atoms with Crippen molar-refractivity contribution in [1.82, 2.24) is 10.3 Å². The van der Waals surface area contributed by atoms with E-state index >= 15 is 0 Å². The molecule has 4 nitrogen and oxygen atoms in total.